The van der Waals surface area contributed by atoms with Crippen molar-refractivity contribution in [2.24, 2.45) is 7.05 Å². The van der Waals surface area contributed by atoms with Crippen molar-refractivity contribution in [2.75, 3.05) is 0 Å². The molecule has 1 aromatic heterocycles. The van der Waals surface area contributed by atoms with Crippen LogP contribution in [0.3, 0.4) is 0 Å². The van der Waals surface area contributed by atoms with Gasteiger partial charge < -0.3 is 12.9 Å². The molecule has 0 amide bonds. The molecule has 0 spiro atoms. The van der Waals surface area contributed by atoms with Crippen molar-refractivity contribution in [2.45, 2.75) is 6.18 Å². The number of nitrogens with zero attached hydrogens (tertiary/aromatic N) is 2. The lowest BCUT2D eigenvalue weighted by molar-refractivity contribution is -0.143. The van der Waals surface area contributed by atoms with Crippen LogP contribution in [-0.2, 0) is 13.2 Å². The molecule has 0 unspecified atom stereocenters. The lowest BCUT2D eigenvalue weighted by atomic mass is 9.86. The van der Waals surface area contributed by atoms with Crippen molar-refractivity contribution in [3.8, 4) is 0 Å². The predicted molar refractivity (Wildman–Crippen MR) is 36.9 cm³/mol. The molecule has 0 aromatic carbocycles. The smallest absolute Gasteiger partial charge is 0.444 e. The molecule has 2 nitrogen and oxygen atoms in total. The third-order valence-corrected chi connectivity index (χ3v) is 1.52. The van der Waals surface area contributed by atoms with E-state index in [1.807, 2.05) is 0 Å². The molecule has 0 aliphatic heterocycles. The molecule has 0 aliphatic rings. The highest BCUT2D eigenvalue weighted by Gasteiger charge is 2.38. The molecule has 1 rings (SSSR count). The zero-order valence-electron chi connectivity index (χ0n) is 6.82. The molecule has 0 saturated heterocycles. The Kier molecular flexibility index (Phi) is 2.28. The van der Waals surface area contributed by atoms with Crippen LogP contribution in [0.25, 0.3) is 0 Å². The number of aryl methyl sites for hydroxylation is 1. The second-order valence-electron chi connectivity index (χ2n) is 2.65. The third-order valence-electron chi connectivity index (χ3n) is 1.52. The second-order valence-corrected chi connectivity index (χ2v) is 2.65. The fourth-order valence-electron chi connectivity index (χ4n) is 0.915. The summed E-state index contributed by atoms with van der Waals surface area (Å²) in [5, 5.41) is 2.75. The molecule has 1 heterocycles. The molecular formula is C5H4BF6N2-. The zero-order chi connectivity index (χ0) is 11.1. The fourth-order valence-corrected chi connectivity index (χ4v) is 0.915. The summed E-state index contributed by atoms with van der Waals surface area (Å²) in [5.41, 5.74) is -2.90. The van der Waals surface area contributed by atoms with E-state index in [-0.39, 0.29) is 10.7 Å². The summed E-state index contributed by atoms with van der Waals surface area (Å²) in [7, 11) is 0.814. The van der Waals surface area contributed by atoms with Gasteiger partial charge in [-0.3, -0.25) is 4.68 Å². The van der Waals surface area contributed by atoms with Crippen LogP contribution in [0.5, 0.6) is 0 Å². The first-order valence-electron chi connectivity index (χ1n) is 3.43. The topological polar surface area (TPSA) is 17.8 Å². The molecule has 0 aliphatic carbocycles. The van der Waals surface area contributed by atoms with Crippen LogP contribution in [-0.4, -0.2) is 16.8 Å². The van der Waals surface area contributed by atoms with Gasteiger partial charge in [-0.15, -0.1) is 0 Å². The fraction of sp³-hybridized carbons (Fsp3) is 0.400. The average Bonchev–Trinajstić information content (AvgIpc) is 2.27. The molecule has 0 radical (unpaired) electrons. The monoisotopic (exact) mass is 217 g/mol. The number of hydrogen-bond donors (Lipinski definition) is 0. The molecule has 1 aromatic rings. The summed E-state index contributed by atoms with van der Waals surface area (Å²) >= 11 is 0. The van der Waals surface area contributed by atoms with Crippen LogP contribution >= 0.6 is 0 Å². The average molecular weight is 217 g/mol. The van der Waals surface area contributed by atoms with Crippen molar-refractivity contribution in [3.05, 3.63) is 11.8 Å². The van der Waals surface area contributed by atoms with E-state index < -0.39 is 24.4 Å². The van der Waals surface area contributed by atoms with E-state index in [0.717, 1.165) is 7.05 Å². The van der Waals surface area contributed by atoms with Gasteiger partial charge in [0.25, 0.3) is 0 Å². The van der Waals surface area contributed by atoms with Crippen molar-refractivity contribution in [1.29, 1.82) is 0 Å². The van der Waals surface area contributed by atoms with Gasteiger partial charge in [0.1, 0.15) is 5.69 Å². The van der Waals surface area contributed by atoms with Crippen LogP contribution in [0.4, 0.5) is 26.1 Å². The summed E-state index contributed by atoms with van der Waals surface area (Å²) in [4.78, 5) is 0. The molecule has 0 N–H and O–H groups in total. The van der Waals surface area contributed by atoms with E-state index in [0.29, 0.717) is 0 Å². The maximum absolute atomic E-state index is 12.0. The van der Waals surface area contributed by atoms with Gasteiger partial charge in [-0.25, -0.2) is 5.10 Å². The summed E-state index contributed by atoms with van der Waals surface area (Å²) < 4.78 is 72.2. The first kappa shape index (κ1) is 10.9. The van der Waals surface area contributed by atoms with Crippen LogP contribution < -0.4 is 5.59 Å². The Balaban J connectivity index is 3.19. The van der Waals surface area contributed by atoms with Gasteiger partial charge in [0.05, 0.1) is 0 Å². The number of alkyl halides is 3. The largest absolute Gasteiger partial charge is 0.529 e. The van der Waals surface area contributed by atoms with Crippen LogP contribution in [0.2, 0.25) is 0 Å². The maximum Gasteiger partial charge on any atom is 0.529 e. The lowest BCUT2D eigenvalue weighted by Crippen LogP contribution is -2.35. The maximum atomic E-state index is 12.0. The van der Waals surface area contributed by atoms with Gasteiger partial charge >= 0.3 is 13.2 Å². The van der Waals surface area contributed by atoms with Gasteiger partial charge in [-0.05, 0) is 6.07 Å². The summed E-state index contributed by atoms with van der Waals surface area (Å²) in [6.45, 7) is -5.49. The Hall–Kier alpha value is -1.15. The Bertz CT molecular complexity index is 337. The van der Waals surface area contributed by atoms with Gasteiger partial charge in [-0.2, -0.15) is 13.2 Å². The van der Waals surface area contributed by atoms with Crippen molar-refractivity contribution in [1.82, 2.24) is 9.78 Å². The lowest BCUT2D eigenvalue weighted by Gasteiger charge is -2.08. The van der Waals surface area contributed by atoms with Crippen molar-refractivity contribution in [3.63, 3.8) is 0 Å². The molecule has 0 fully saturated rings. The van der Waals surface area contributed by atoms with E-state index in [9.17, 15) is 26.1 Å². The minimum Gasteiger partial charge on any atom is -0.444 e. The minimum absolute atomic E-state index is 0. The Labute approximate surface area is 74.6 Å². The molecule has 9 heteroatoms. The number of halogens is 6. The predicted octanol–water partition coefficient (Wildman–Crippen LogP) is 1.49. The quantitative estimate of drug-likeness (QED) is 0.514. The molecule has 80 valence electrons. The van der Waals surface area contributed by atoms with Crippen LogP contribution in [0.15, 0.2) is 6.07 Å². The van der Waals surface area contributed by atoms with E-state index in [1.165, 1.54) is 0 Å². The van der Waals surface area contributed by atoms with E-state index in [1.54, 1.807) is 0 Å². The molecule has 0 saturated carbocycles. The molecular weight excluding hydrogens is 213 g/mol. The molecule has 0 bridgehead atoms. The Morgan fingerprint density at radius 3 is 2.00 bits per heavy atom. The van der Waals surface area contributed by atoms with Crippen LogP contribution in [0, 0.1) is 0 Å². The summed E-state index contributed by atoms with van der Waals surface area (Å²) in [6.07, 6.45) is -4.82. The standard InChI is InChI=1S/C5H4BF6N2/c1-14-3(5(7,8)9)2-4(13-14)6(10,11)12/h2H,1H3/q-1. The van der Waals surface area contributed by atoms with Gasteiger partial charge in [0.2, 0.25) is 0 Å². The van der Waals surface area contributed by atoms with E-state index in [2.05, 4.69) is 5.10 Å². The first-order chi connectivity index (χ1) is 6.12. The summed E-state index contributed by atoms with van der Waals surface area (Å²) in [5.74, 6) is 0. The normalized spacial score (nSPS) is 13.4. The number of aromatic nitrogens is 2. The molecule has 0 atom stereocenters. The Morgan fingerprint density at radius 2 is 1.79 bits per heavy atom. The highest BCUT2D eigenvalue weighted by atomic mass is 19.4. The SMILES string of the molecule is Cn1nc([B-](F)(F)F)cc1C(F)(F)F. The highest BCUT2D eigenvalue weighted by molar-refractivity contribution is 6.72. The number of hydrogen-bond acceptors (Lipinski definition) is 1. The van der Waals surface area contributed by atoms with Gasteiger partial charge in [0.15, 0.2) is 0 Å². The molecule has 14 heavy (non-hydrogen) atoms. The summed E-state index contributed by atoms with van der Waals surface area (Å²) in [6, 6.07) is 0. The zero-order valence-corrected chi connectivity index (χ0v) is 6.82. The van der Waals surface area contributed by atoms with Crippen LogP contribution in [0.1, 0.15) is 5.69 Å². The minimum atomic E-state index is -5.49. The van der Waals surface area contributed by atoms with E-state index >= 15 is 0 Å². The van der Waals surface area contributed by atoms with Gasteiger partial charge in [0, 0.05) is 12.6 Å². The van der Waals surface area contributed by atoms with Gasteiger partial charge in [-0.1, -0.05) is 0 Å². The van der Waals surface area contributed by atoms with E-state index in [4.69, 9.17) is 0 Å². The second kappa shape index (κ2) is 2.92. The van der Waals surface area contributed by atoms with Crippen molar-refractivity contribution >= 4 is 12.6 Å². The highest BCUT2D eigenvalue weighted by Crippen LogP contribution is 2.28. The number of rotatable bonds is 1. The van der Waals surface area contributed by atoms with Crippen molar-refractivity contribution < 1.29 is 26.1 Å². The third kappa shape index (κ3) is 2.02. The Morgan fingerprint density at radius 1 is 1.29 bits per heavy atom. The first-order valence-corrected chi connectivity index (χ1v) is 3.43.